The van der Waals surface area contributed by atoms with Gasteiger partial charge in [-0.1, -0.05) is 77.5 Å². The van der Waals surface area contributed by atoms with Crippen molar-refractivity contribution < 1.29 is 13.2 Å². The number of hydrogen-bond donors (Lipinski definition) is 1. The number of hydrogen-bond acceptors (Lipinski definition) is 4. The van der Waals surface area contributed by atoms with E-state index in [-0.39, 0.29) is 11.4 Å². The monoisotopic (exact) mass is 516 g/mol. The number of aryl methyl sites for hydroxylation is 3. The van der Waals surface area contributed by atoms with Gasteiger partial charge in [-0.3, -0.25) is 9.10 Å². The third-order valence-electron chi connectivity index (χ3n) is 5.65. The lowest BCUT2D eigenvalue weighted by atomic mass is 10.1. The first kappa shape index (κ1) is 25.5. The third kappa shape index (κ3) is 5.98. The van der Waals surface area contributed by atoms with Crippen molar-refractivity contribution in [2.45, 2.75) is 35.5 Å². The highest BCUT2D eigenvalue weighted by Crippen LogP contribution is 2.33. The fraction of sp³-hybridized carbons (Fsp3) is 0.138. The van der Waals surface area contributed by atoms with E-state index in [9.17, 15) is 13.2 Å². The Hall–Kier alpha value is -3.55. The van der Waals surface area contributed by atoms with Gasteiger partial charge in [-0.05, 0) is 68.8 Å². The zero-order chi connectivity index (χ0) is 25.7. The summed E-state index contributed by atoms with van der Waals surface area (Å²) in [6, 6.07) is 29.5. The average Bonchev–Trinajstić information content (AvgIpc) is 2.85. The Kier molecular flexibility index (Phi) is 7.82. The Bertz CT molecular complexity index is 1470. The Morgan fingerprint density at radius 2 is 1.44 bits per heavy atom. The van der Waals surface area contributed by atoms with E-state index in [1.807, 2.05) is 87.5 Å². The lowest BCUT2D eigenvalue weighted by Gasteiger charge is -2.26. The predicted octanol–water partition coefficient (Wildman–Crippen LogP) is 6.60. The number of nitrogens with one attached hydrogen (secondary N) is 1. The summed E-state index contributed by atoms with van der Waals surface area (Å²) in [4.78, 5) is 15.3. The van der Waals surface area contributed by atoms with Crippen LogP contribution in [0.4, 0.5) is 11.4 Å². The Morgan fingerprint density at radius 3 is 2.14 bits per heavy atom. The second-order valence-electron chi connectivity index (χ2n) is 8.57. The maximum absolute atomic E-state index is 13.7. The minimum absolute atomic E-state index is 0.140. The molecule has 7 heteroatoms. The summed E-state index contributed by atoms with van der Waals surface area (Å²) in [5, 5.41) is 2.93. The number of nitrogens with zero attached hydrogens (tertiary/aromatic N) is 1. The van der Waals surface area contributed by atoms with E-state index in [1.165, 1.54) is 16.1 Å². The van der Waals surface area contributed by atoms with Crippen molar-refractivity contribution in [2.24, 2.45) is 0 Å². The van der Waals surface area contributed by atoms with E-state index in [4.69, 9.17) is 0 Å². The normalized spacial score (nSPS) is 11.2. The fourth-order valence-electron chi connectivity index (χ4n) is 3.82. The number of anilines is 2. The van der Waals surface area contributed by atoms with Crippen molar-refractivity contribution in [3.8, 4) is 0 Å². The summed E-state index contributed by atoms with van der Waals surface area (Å²) in [7, 11) is -3.98. The lowest BCUT2D eigenvalue weighted by molar-refractivity contribution is -0.114. The van der Waals surface area contributed by atoms with Crippen LogP contribution in [0.25, 0.3) is 0 Å². The molecule has 4 rings (SSSR count). The van der Waals surface area contributed by atoms with Gasteiger partial charge >= 0.3 is 0 Å². The minimum Gasteiger partial charge on any atom is -0.323 e. The minimum atomic E-state index is -3.98. The number of benzene rings is 4. The summed E-state index contributed by atoms with van der Waals surface area (Å²) >= 11 is 1.53. The highest BCUT2D eigenvalue weighted by molar-refractivity contribution is 7.99. The standard InChI is InChI=1S/C29H28N2O3S2/c1-21-13-16-25(17-14-21)36(33,34)31(27-18-15-22(2)19-23(27)3)20-29(32)30-26-11-7-8-12-28(26)35-24-9-5-4-6-10-24/h4-19H,20H2,1-3H3,(H,30,32). The van der Waals surface area contributed by atoms with E-state index in [0.29, 0.717) is 11.4 Å². The molecular weight excluding hydrogens is 488 g/mol. The fourth-order valence-corrected chi connectivity index (χ4v) is 6.23. The van der Waals surface area contributed by atoms with Gasteiger partial charge in [0.05, 0.1) is 16.3 Å². The van der Waals surface area contributed by atoms with Gasteiger partial charge in [0, 0.05) is 9.79 Å². The van der Waals surface area contributed by atoms with Gasteiger partial charge in [0.25, 0.3) is 10.0 Å². The molecule has 0 saturated carbocycles. The van der Waals surface area contributed by atoms with Crippen molar-refractivity contribution in [2.75, 3.05) is 16.2 Å². The zero-order valence-electron chi connectivity index (χ0n) is 20.4. The van der Waals surface area contributed by atoms with E-state index in [2.05, 4.69) is 5.32 Å². The van der Waals surface area contributed by atoms with Crippen LogP contribution in [0.1, 0.15) is 16.7 Å². The Balaban J connectivity index is 1.65. The van der Waals surface area contributed by atoms with Crippen molar-refractivity contribution in [1.82, 2.24) is 0 Å². The smallest absolute Gasteiger partial charge is 0.264 e. The Morgan fingerprint density at radius 1 is 0.806 bits per heavy atom. The first-order valence-corrected chi connectivity index (χ1v) is 13.8. The van der Waals surface area contributed by atoms with Gasteiger partial charge in [-0.2, -0.15) is 0 Å². The van der Waals surface area contributed by atoms with Gasteiger partial charge in [0.2, 0.25) is 5.91 Å². The zero-order valence-corrected chi connectivity index (χ0v) is 22.1. The number of amides is 1. The highest BCUT2D eigenvalue weighted by atomic mass is 32.2. The quantitative estimate of drug-likeness (QED) is 0.287. The van der Waals surface area contributed by atoms with Gasteiger partial charge in [-0.15, -0.1) is 0 Å². The summed E-state index contributed by atoms with van der Waals surface area (Å²) in [5.41, 5.74) is 3.85. The number of sulfonamides is 1. The van der Waals surface area contributed by atoms with E-state index in [1.54, 1.807) is 30.3 Å². The molecule has 4 aromatic rings. The van der Waals surface area contributed by atoms with Crippen LogP contribution >= 0.6 is 11.8 Å². The van der Waals surface area contributed by atoms with Crippen LogP contribution in [0.3, 0.4) is 0 Å². The van der Waals surface area contributed by atoms with Crippen LogP contribution in [-0.2, 0) is 14.8 Å². The average molecular weight is 517 g/mol. The predicted molar refractivity (Wildman–Crippen MR) is 147 cm³/mol. The molecule has 0 spiro atoms. The summed E-state index contributed by atoms with van der Waals surface area (Å²) < 4.78 is 28.6. The molecule has 36 heavy (non-hydrogen) atoms. The molecule has 0 unspecified atom stereocenters. The molecule has 0 bridgehead atoms. The molecule has 4 aromatic carbocycles. The topological polar surface area (TPSA) is 66.5 Å². The van der Waals surface area contributed by atoms with Crippen LogP contribution in [0.2, 0.25) is 0 Å². The number of carbonyl (C=O) groups excluding carboxylic acids is 1. The Labute approximate surface area is 217 Å². The van der Waals surface area contributed by atoms with Crippen LogP contribution < -0.4 is 9.62 Å². The second-order valence-corrected chi connectivity index (χ2v) is 11.6. The molecule has 0 saturated heterocycles. The SMILES string of the molecule is Cc1ccc(S(=O)(=O)N(CC(=O)Nc2ccccc2Sc2ccccc2)c2ccc(C)cc2C)cc1. The lowest BCUT2D eigenvalue weighted by Crippen LogP contribution is -2.38. The molecule has 0 aromatic heterocycles. The first-order valence-electron chi connectivity index (χ1n) is 11.5. The molecular formula is C29H28N2O3S2. The molecule has 1 amide bonds. The third-order valence-corrected chi connectivity index (χ3v) is 8.51. The van der Waals surface area contributed by atoms with Crippen molar-refractivity contribution >= 4 is 39.1 Å². The molecule has 0 fully saturated rings. The van der Waals surface area contributed by atoms with Crippen molar-refractivity contribution in [1.29, 1.82) is 0 Å². The van der Waals surface area contributed by atoms with Crippen molar-refractivity contribution in [3.05, 3.63) is 114 Å². The number of carbonyl (C=O) groups is 1. The molecule has 0 atom stereocenters. The summed E-state index contributed by atoms with van der Waals surface area (Å²) in [6.07, 6.45) is 0. The van der Waals surface area contributed by atoms with Crippen LogP contribution in [0.5, 0.6) is 0 Å². The molecule has 0 radical (unpaired) electrons. The van der Waals surface area contributed by atoms with Gasteiger partial charge in [0.15, 0.2) is 0 Å². The first-order chi connectivity index (χ1) is 17.2. The van der Waals surface area contributed by atoms with E-state index >= 15 is 0 Å². The molecule has 0 heterocycles. The largest absolute Gasteiger partial charge is 0.323 e. The highest BCUT2D eigenvalue weighted by Gasteiger charge is 2.28. The van der Waals surface area contributed by atoms with Crippen LogP contribution in [0, 0.1) is 20.8 Å². The maximum Gasteiger partial charge on any atom is 0.264 e. The van der Waals surface area contributed by atoms with Crippen LogP contribution in [-0.4, -0.2) is 20.9 Å². The van der Waals surface area contributed by atoms with E-state index < -0.39 is 15.9 Å². The van der Waals surface area contributed by atoms with Crippen molar-refractivity contribution in [3.63, 3.8) is 0 Å². The molecule has 0 aliphatic rings. The molecule has 1 N–H and O–H groups in total. The van der Waals surface area contributed by atoms with Gasteiger partial charge in [0.1, 0.15) is 6.54 Å². The number of para-hydroxylation sites is 1. The summed E-state index contributed by atoms with van der Waals surface area (Å²) in [6.45, 7) is 5.34. The molecule has 0 aliphatic carbocycles. The van der Waals surface area contributed by atoms with Gasteiger partial charge in [-0.25, -0.2) is 8.42 Å². The molecule has 0 aliphatic heterocycles. The molecule has 184 valence electrons. The number of rotatable bonds is 8. The van der Waals surface area contributed by atoms with Gasteiger partial charge < -0.3 is 5.32 Å². The molecule has 5 nitrogen and oxygen atoms in total. The van der Waals surface area contributed by atoms with Crippen LogP contribution in [0.15, 0.2) is 112 Å². The van der Waals surface area contributed by atoms with E-state index in [0.717, 1.165) is 26.5 Å². The summed E-state index contributed by atoms with van der Waals surface area (Å²) in [5.74, 6) is -0.424. The second kappa shape index (κ2) is 11.0. The maximum atomic E-state index is 13.7.